The van der Waals surface area contributed by atoms with Crippen LogP contribution in [0.25, 0.3) is 0 Å². The molecular weight excluding hydrogens is 304 g/mol. The molecule has 0 spiro atoms. The summed E-state index contributed by atoms with van der Waals surface area (Å²) in [7, 11) is 0. The second-order valence-corrected chi connectivity index (χ2v) is 5.66. The zero-order valence-electron chi connectivity index (χ0n) is 12.7. The van der Waals surface area contributed by atoms with Gasteiger partial charge in [0.2, 0.25) is 0 Å². The van der Waals surface area contributed by atoms with E-state index in [4.69, 9.17) is 9.84 Å². The van der Waals surface area contributed by atoms with Gasteiger partial charge in [0.1, 0.15) is 0 Å². The fraction of sp³-hybridized carbons (Fsp3) is 0.400. The molecular formula is C15H20N2O4S. The average molecular weight is 324 g/mol. The maximum absolute atomic E-state index is 11.3. The first-order valence-corrected chi connectivity index (χ1v) is 7.89. The SMILES string of the molecule is CCOC(=O)CCSC(Cc1ccc(C)cc1)=NNC(=O)O. The highest BCUT2D eigenvalue weighted by atomic mass is 32.2. The minimum Gasteiger partial charge on any atom is -0.466 e. The normalized spacial score (nSPS) is 11.1. The van der Waals surface area contributed by atoms with Crippen molar-refractivity contribution in [1.82, 2.24) is 5.43 Å². The van der Waals surface area contributed by atoms with Gasteiger partial charge in [-0.3, -0.25) is 4.79 Å². The number of rotatable bonds is 7. The Bertz CT molecular complexity index is 529. The molecule has 0 fully saturated rings. The standard InChI is InChI=1S/C15H20N2O4S/c1-3-21-14(18)8-9-22-13(16-17-15(19)20)10-12-6-4-11(2)5-7-12/h4-7,17H,3,8-10H2,1-2H3,(H,19,20). The fourth-order valence-corrected chi connectivity index (χ4v) is 2.48. The van der Waals surface area contributed by atoms with Crippen LogP contribution in [0.1, 0.15) is 24.5 Å². The van der Waals surface area contributed by atoms with Gasteiger partial charge in [0.15, 0.2) is 0 Å². The van der Waals surface area contributed by atoms with E-state index in [2.05, 4.69) is 5.10 Å². The third-order valence-corrected chi connectivity index (χ3v) is 3.61. The highest BCUT2D eigenvalue weighted by Gasteiger charge is 2.07. The Hall–Kier alpha value is -2.02. The summed E-state index contributed by atoms with van der Waals surface area (Å²) in [5, 5.41) is 13.1. The molecule has 0 radical (unpaired) electrons. The first kappa shape index (κ1) is 18.0. The van der Waals surface area contributed by atoms with E-state index in [1.165, 1.54) is 11.8 Å². The second kappa shape index (κ2) is 9.83. The molecule has 1 rings (SSSR count). The number of esters is 1. The summed E-state index contributed by atoms with van der Waals surface area (Å²) in [4.78, 5) is 21.9. The number of nitrogens with one attached hydrogen (secondary N) is 1. The number of hydrazone groups is 1. The molecule has 7 heteroatoms. The highest BCUT2D eigenvalue weighted by molar-refractivity contribution is 8.13. The predicted molar refractivity (Wildman–Crippen MR) is 87.2 cm³/mol. The zero-order valence-corrected chi connectivity index (χ0v) is 13.5. The number of nitrogens with zero attached hydrogens (tertiary/aromatic N) is 1. The Morgan fingerprint density at radius 2 is 2.00 bits per heavy atom. The Morgan fingerprint density at radius 1 is 1.32 bits per heavy atom. The molecule has 0 atom stereocenters. The molecule has 0 saturated carbocycles. The van der Waals surface area contributed by atoms with Crippen molar-refractivity contribution in [3.8, 4) is 0 Å². The summed E-state index contributed by atoms with van der Waals surface area (Å²) in [5.74, 6) is 0.223. The topological polar surface area (TPSA) is 88.0 Å². The maximum Gasteiger partial charge on any atom is 0.425 e. The zero-order chi connectivity index (χ0) is 16.4. The third kappa shape index (κ3) is 7.68. The Kier molecular flexibility index (Phi) is 8.06. The quantitative estimate of drug-likeness (QED) is 0.348. The van der Waals surface area contributed by atoms with Crippen LogP contribution in [0.5, 0.6) is 0 Å². The number of hydrogen-bond acceptors (Lipinski definition) is 5. The Balaban J connectivity index is 2.59. The molecule has 0 aromatic heterocycles. The van der Waals surface area contributed by atoms with Gasteiger partial charge in [-0.2, -0.15) is 5.10 Å². The minimum atomic E-state index is -1.22. The molecule has 0 aliphatic carbocycles. The van der Waals surface area contributed by atoms with Gasteiger partial charge in [-0.25, -0.2) is 10.2 Å². The van der Waals surface area contributed by atoms with E-state index in [0.717, 1.165) is 11.1 Å². The van der Waals surface area contributed by atoms with Gasteiger partial charge in [0, 0.05) is 12.2 Å². The van der Waals surface area contributed by atoms with Crippen LogP contribution >= 0.6 is 11.8 Å². The molecule has 0 unspecified atom stereocenters. The number of carboxylic acid groups (broad SMARTS) is 1. The lowest BCUT2D eigenvalue weighted by Gasteiger charge is -2.07. The van der Waals surface area contributed by atoms with E-state index in [1.807, 2.05) is 36.6 Å². The van der Waals surface area contributed by atoms with E-state index in [0.29, 0.717) is 23.8 Å². The van der Waals surface area contributed by atoms with Crippen molar-refractivity contribution in [1.29, 1.82) is 0 Å². The van der Waals surface area contributed by atoms with Crippen molar-refractivity contribution in [2.75, 3.05) is 12.4 Å². The van der Waals surface area contributed by atoms with Crippen LogP contribution < -0.4 is 5.43 Å². The summed E-state index contributed by atoms with van der Waals surface area (Å²) in [6.07, 6.45) is -0.445. The third-order valence-electron chi connectivity index (χ3n) is 2.63. The number of carbonyl (C=O) groups is 2. The van der Waals surface area contributed by atoms with Crippen molar-refractivity contribution in [3.63, 3.8) is 0 Å². The lowest BCUT2D eigenvalue weighted by atomic mass is 10.1. The fourth-order valence-electron chi connectivity index (χ4n) is 1.60. The summed E-state index contributed by atoms with van der Waals surface area (Å²) >= 11 is 1.34. The van der Waals surface area contributed by atoms with E-state index in [1.54, 1.807) is 6.92 Å². The molecule has 0 heterocycles. The van der Waals surface area contributed by atoms with Crippen LogP contribution in [0.2, 0.25) is 0 Å². The largest absolute Gasteiger partial charge is 0.466 e. The van der Waals surface area contributed by atoms with Crippen molar-refractivity contribution in [3.05, 3.63) is 35.4 Å². The summed E-state index contributed by atoms with van der Waals surface area (Å²) in [5.41, 5.74) is 4.19. The molecule has 1 aromatic rings. The number of benzene rings is 1. The van der Waals surface area contributed by atoms with Crippen LogP contribution in [0.4, 0.5) is 4.79 Å². The lowest BCUT2D eigenvalue weighted by molar-refractivity contribution is -0.142. The maximum atomic E-state index is 11.3. The van der Waals surface area contributed by atoms with Crippen molar-refractivity contribution in [2.24, 2.45) is 5.10 Å². The number of thioether (sulfide) groups is 1. The minimum absolute atomic E-state index is 0.262. The lowest BCUT2D eigenvalue weighted by Crippen LogP contribution is -2.17. The number of carbonyl (C=O) groups excluding carboxylic acids is 1. The first-order valence-electron chi connectivity index (χ1n) is 6.90. The second-order valence-electron chi connectivity index (χ2n) is 4.49. The van der Waals surface area contributed by atoms with E-state index < -0.39 is 6.09 Å². The van der Waals surface area contributed by atoms with Crippen LogP contribution in [0.15, 0.2) is 29.4 Å². The Morgan fingerprint density at radius 3 is 2.59 bits per heavy atom. The van der Waals surface area contributed by atoms with Gasteiger partial charge in [0.25, 0.3) is 0 Å². The number of aryl methyl sites for hydroxylation is 1. The van der Waals surface area contributed by atoms with E-state index in [9.17, 15) is 9.59 Å². The number of amides is 1. The summed E-state index contributed by atoms with van der Waals surface area (Å²) in [6, 6.07) is 7.91. The molecule has 2 N–H and O–H groups in total. The molecule has 1 aromatic carbocycles. The molecule has 22 heavy (non-hydrogen) atoms. The summed E-state index contributed by atoms with van der Waals surface area (Å²) < 4.78 is 4.85. The summed E-state index contributed by atoms with van der Waals surface area (Å²) in [6.45, 7) is 4.11. The van der Waals surface area contributed by atoms with Gasteiger partial charge >= 0.3 is 12.1 Å². The molecule has 6 nitrogen and oxygen atoms in total. The van der Waals surface area contributed by atoms with Gasteiger partial charge in [-0.15, -0.1) is 11.8 Å². The van der Waals surface area contributed by atoms with E-state index in [-0.39, 0.29) is 12.4 Å². The Labute approximate surface area is 133 Å². The van der Waals surface area contributed by atoms with Crippen molar-refractivity contribution >= 4 is 28.9 Å². The van der Waals surface area contributed by atoms with E-state index >= 15 is 0 Å². The smallest absolute Gasteiger partial charge is 0.425 e. The molecule has 120 valence electrons. The van der Waals surface area contributed by atoms with Gasteiger partial charge in [-0.1, -0.05) is 29.8 Å². The van der Waals surface area contributed by atoms with Crippen LogP contribution in [-0.4, -0.2) is 34.6 Å². The van der Waals surface area contributed by atoms with Crippen molar-refractivity contribution in [2.45, 2.75) is 26.7 Å². The molecule has 0 bridgehead atoms. The van der Waals surface area contributed by atoms with Gasteiger partial charge in [-0.05, 0) is 19.4 Å². The molecule has 1 amide bonds. The number of ether oxygens (including phenoxy) is 1. The molecule has 0 saturated heterocycles. The average Bonchev–Trinajstić information content (AvgIpc) is 2.47. The predicted octanol–water partition coefficient (Wildman–Crippen LogP) is 2.81. The van der Waals surface area contributed by atoms with Crippen LogP contribution in [0, 0.1) is 6.92 Å². The van der Waals surface area contributed by atoms with Gasteiger partial charge in [0.05, 0.1) is 18.1 Å². The monoisotopic (exact) mass is 324 g/mol. The first-order chi connectivity index (χ1) is 10.5. The molecule has 0 aliphatic rings. The number of hydrogen-bond donors (Lipinski definition) is 2. The van der Waals surface area contributed by atoms with Crippen LogP contribution in [-0.2, 0) is 16.0 Å². The molecule has 0 aliphatic heterocycles. The van der Waals surface area contributed by atoms with Crippen molar-refractivity contribution < 1.29 is 19.4 Å². The van der Waals surface area contributed by atoms with Crippen LogP contribution in [0.3, 0.4) is 0 Å². The van der Waals surface area contributed by atoms with Gasteiger partial charge < -0.3 is 9.84 Å². The highest BCUT2D eigenvalue weighted by Crippen LogP contribution is 2.13.